The van der Waals surface area contributed by atoms with Crippen LogP contribution in [0.5, 0.6) is 0 Å². The molecule has 0 atom stereocenters. The monoisotopic (exact) mass is 350 g/mol. The summed E-state index contributed by atoms with van der Waals surface area (Å²) in [6, 6.07) is 4.04. The fourth-order valence-electron chi connectivity index (χ4n) is 3.77. The van der Waals surface area contributed by atoms with E-state index in [4.69, 9.17) is 11.6 Å². The van der Waals surface area contributed by atoms with E-state index in [9.17, 15) is 4.79 Å². The molecule has 132 valence electrons. The van der Waals surface area contributed by atoms with Crippen LogP contribution in [0, 0.1) is 5.92 Å². The van der Waals surface area contributed by atoms with Crippen LogP contribution in [0.15, 0.2) is 12.1 Å². The molecule has 1 aromatic heterocycles. The van der Waals surface area contributed by atoms with Gasteiger partial charge in [0.05, 0.1) is 0 Å². The molecule has 24 heavy (non-hydrogen) atoms. The van der Waals surface area contributed by atoms with E-state index in [0.29, 0.717) is 11.2 Å². The molecule has 2 heterocycles. The Balaban J connectivity index is 1.46. The molecule has 0 bridgehead atoms. The van der Waals surface area contributed by atoms with E-state index in [1.807, 2.05) is 6.07 Å². The van der Waals surface area contributed by atoms with Crippen LogP contribution in [0.1, 0.15) is 57.8 Å². The van der Waals surface area contributed by atoms with Gasteiger partial charge in [-0.25, -0.2) is 0 Å². The van der Waals surface area contributed by atoms with Crippen molar-refractivity contribution in [3.8, 4) is 0 Å². The minimum atomic E-state index is 0.131. The average molecular weight is 351 g/mol. The van der Waals surface area contributed by atoms with E-state index < -0.39 is 0 Å². The van der Waals surface area contributed by atoms with Gasteiger partial charge in [-0.1, -0.05) is 43.7 Å². The lowest BCUT2D eigenvalue weighted by molar-refractivity contribution is -0.126. The molecular weight excluding hydrogens is 324 g/mol. The van der Waals surface area contributed by atoms with Crippen LogP contribution in [0.4, 0.5) is 5.82 Å². The summed E-state index contributed by atoms with van der Waals surface area (Å²) in [5.41, 5.74) is 0. The van der Waals surface area contributed by atoms with Crippen LogP contribution in [0.2, 0.25) is 5.15 Å². The number of rotatable bonds is 3. The summed E-state index contributed by atoms with van der Waals surface area (Å²) in [5.74, 6) is 1.23. The van der Waals surface area contributed by atoms with Gasteiger partial charge in [0.2, 0.25) is 5.91 Å². The second-order valence-electron chi connectivity index (χ2n) is 7.03. The molecule has 1 saturated carbocycles. The third-order valence-corrected chi connectivity index (χ3v) is 5.46. The van der Waals surface area contributed by atoms with Gasteiger partial charge in [0.1, 0.15) is 0 Å². The molecule has 0 unspecified atom stereocenters. The predicted molar refractivity (Wildman–Crippen MR) is 96.2 cm³/mol. The fraction of sp³-hybridized carbons (Fsp3) is 0.722. The van der Waals surface area contributed by atoms with Gasteiger partial charge in [0.25, 0.3) is 0 Å². The van der Waals surface area contributed by atoms with E-state index in [0.717, 1.165) is 44.6 Å². The highest BCUT2D eigenvalue weighted by atomic mass is 35.5. The zero-order valence-electron chi connectivity index (χ0n) is 14.2. The highest BCUT2D eigenvalue weighted by Gasteiger charge is 2.27. The van der Waals surface area contributed by atoms with Crippen molar-refractivity contribution >= 4 is 23.3 Å². The van der Waals surface area contributed by atoms with E-state index in [-0.39, 0.29) is 11.8 Å². The molecule has 0 radical (unpaired) electrons. The molecule has 1 saturated heterocycles. The molecule has 1 aromatic rings. The van der Waals surface area contributed by atoms with Gasteiger partial charge in [-0.3, -0.25) is 4.79 Å². The Labute approximate surface area is 149 Å². The number of nitrogens with one attached hydrogen (secondary N) is 1. The molecule has 6 heteroatoms. The molecule has 0 aromatic carbocycles. The van der Waals surface area contributed by atoms with Crippen LogP contribution in [-0.4, -0.2) is 35.2 Å². The molecule has 1 N–H and O–H groups in total. The SMILES string of the molecule is O=C(NC1CCCCCCC1)C1CCN(c2ccc(Cl)nn2)CC1. The second-order valence-corrected chi connectivity index (χ2v) is 7.41. The van der Waals surface area contributed by atoms with E-state index in [1.165, 1.54) is 32.1 Å². The first kappa shape index (κ1) is 17.5. The Kier molecular flexibility index (Phi) is 6.30. The first-order valence-electron chi connectivity index (χ1n) is 9.27. The maximum absolute atomic E-state index is 12.6. The van der Waals surface area contributed by atoms with Crippen molar-refractivity contribution in [1.82, 2.24) is 15.5 Å². The number of anilines is 1. The van der Waals surface area contributed by atoms with Crippen molar-refractivity contribution in [2.24, 2.45) is 5.92 Å². The lowest BCUT2D eigenvalue weighted by atomic mass is 9.93. The summed E-state index contributed by atoms with van der Waals surface area (Å²) in [6.07, 6.45) is 10.5. The van der Waals surface area contributed by atoms with Crippen molar-refractivity contribution in [2.75, 3.05) is 18.0 Å². The molecule has 1 aliphatic carbocycles. The molecule has 2 fully saturated rings. The molecule has 3 rings (SSSR count). The first-order valence-corrected chi connectivity index (χ1v) is 9.65. The number of amides is 1. The zero-order chi connectivity index (χ0) is 16.8. The predicted octanol–water partition coefficient (Wildman–Crippen LogP) is 3.58. The summed E-state index contributed by atoms with van der Waals surface area (Å²) >= 11 is 5.78. The highest BCUT2D eigenvalue weighted by molar-refractivity contribution is 6.29. The van der Waals surface area contributed by atoms with Gasteiger partial charge in [-0.2, -0.15) is 0 Å². The Hall–Kier alpha value is -1.36. The Bertz CT molecular complexity index is 520. The summed E-state index contributed by atoms with van der Waals surface area (Å²) in [4.78, 5) is 14.8. The summed E-state index contributed by atoms with van der Waals surface area (Å²) in [6.45, 7) is 1.69. The van der Waals surface area contributed by atoms with Crippen molar-refractivity contribution in [2.45, 2.75) is 63.8 Å². The molecular formula is C18H27ClN4O. The number of nitrogens with zero attached hydrogens (tertiary/aromatic N) is 3. The minimum absolute atomic E-state index is 0.131. The van der Waals surface area contributed by atoms with E-state index in [1.54, 1.807) is 6.07 Å². The van der Waals surface area contributed by atoms with Gasteiger partial charge in [0.15, 0.2) is 11.0 Å². The molecule has 5 nitrogen and oxygen atoms in total. The summed E-state index contributed by atoms with van der Waals surface area (Å²) < 4.78 is 0. The van der Waals surface area contributed by atoms with Crippen molar-refractivity contribution < 1.29 is 4.79 Å². The summed E-state index contributed by atoms with van der Waals surface area (Å²) in [7, 11) is 0. The van der Waals surface area contributed by atoms with Gasteiger partial charge < -0.3 is 10.2 Å². The average Bonchev–Trinajstić information content (AvgIpc) is 2.58. The van der Waals surface area contributed by atoms with Crippen LogP contribution >= 0.6 is 11.6 Å². The van der Waals surface area contributed by atoms with Gasteiger partial charge in [0, 0.05) is 25.0 Å². The number of carbonyl (C=O) groups is 1. The Morgan fingerprint density at radius 3 is 2.29 bits per heavy atom. The number of aromatic nitrogens is 2. The van der Waals surface area contributed by atoms with Crippen molar-refractivity contribution in [3.63, 3.8) is 0 Å². The number of halogens is 1. The van der Waals surface area contributed by atoms with E-state index in [2.05, 4.69) is 20.4 Å². The van der Waals surface area contributed by atoms with Crippen molar-refractivity contribution in [3.05, 3.63) is 17.3 Å². The normalized spacial score (nSPS) is 21.1. The fourth-order valence-corrected chi connectivity index (χ4v) is 3.87. The molecule has 1 aliphatic heterocycles. The molecule has 2 aliphatic rings. The standard InChI is InChI=1S/C18H27ClN4O/c19-16-8-9-17(22-21-16)23-12-10-14(11-13-23)18(24)20-15-6-4-2-1-3-5-7-15/h8-9,14-15H,1-7,10-13H2,(H,20,24). The van der Waals surface area contributed by atoms with Crippen LogP contribution in [0.25, 0.3) is 0 Å². The third kappa shape index (κ3) is 4.82. The van der Waals surface area contributed by atoms with Gasteiger partial charge in [-0.15, -0.1) is 10.2 Å². The van der Waals surface area contributed by atoms with Gasteiger partial charge >= 0.3 is 0 Å². The van der Waals surface area contributed by atoms with Crippen LogP contribution < -0.4 is 10.2 Å². The van der Waals surface area contributed by atoms with Crippen LogP contribution in [-0.2, 0) is 4.79 Å². The number of piperidine rings is 1. The van der Waals surface area contributed by atoms with Crippen LogP contribution in [0.3, 0.4) is 0 Å². The lowest BCUT2D eigenvalue weighted by Gasteiger charge is -2.32. The quantitative estimate of drug-likeness (QED) is 0.905. The highest BCUT2D eigenvalue weighted by Crippen LogP contribution is 2.23. The van der Waals surface area contributed by atoms with E-state index >= 15 is 0 Å². The maximum atomic E-state index is 12.6. The third-order valence-electron chi connectivity index (χ3n) is 5.26. The maximum Gasteiger partial charge on any atom is 0.223 e. The molecule has 1 amide bonds. The minimum Gasteiger partial charge on any atom is -0.355 e. The largest absolute Gasteiger partial charge is 0.355 e. The second kappa shape index (κ2) is 8.65. The Morgan fingerprint density at radius 1 is 1.00 bits per heavy atom. The number of hydrogen-bond acceptors (Lipinski definition) is 4. The zero-order valence-corrected chi connectivity index (χ0v) is 15.0. The number of carbonyl (C=O) groups excluding carboxylic acids is 1. The smallest absolute Gasteiger partial charge is 0.223 e. The van der Waals surface area contributed by atoms with Gasteiger partial charge in [-0.05, 0) is 37.8 Å². The first-order chi connectivity index (χ1) is 11.7. The summed E-state index contributed by atoms with van der Waals surface area (Å²) in [5, 5.41) is 11.7. The van der Waals surface area contributed by atoms with Crippen molar-refractivity contribution in [1.29, 1.82) is 0 Å². The topological polar surface area (TPSA) is 58.1 Å². The molecule has 0 spiro atoms. The number of hydrogen-bond donors (Lipinski definition) is 1. The lowest BCUT2D eigenvalue weighted by Crippen LogP contribution is -2.44. The Morgan fingerprint density at radius 2 is 1.67 bits per heavy atom.